The van der Waals surface area contributed by atoms with Gasteiger partial charge in [-0.25, -0.2) is 4.39 Å². The molecule has 0 amide bonds. The molecule has 0 aliphatic heterocycles. The van der Waals surface area contributed by atoms with Gasteiger partial charge in [0.25, 0.3) is 0 Å². The third-order valence-electron chi connectivity index (χ3n) is 0. The van der Waals surface area contributed by atoms with Crippen LogP contribution in [0.4, 0.5) is 17.6 Å². The van der Waals surface area contributed by atoms with Crippen LogP contribution in [0.15, 0.2) is 0 Å². The van der Waals surface area contributed by atoms with E-state index in [2.05, 4.69) is 23.2 Å². The van der Waals surface area contributed by atoms with E-state index in [0.717, 1.165) is 0 Å². The molecule has 0 fully saturated rings. The van der Waals surface area contributed by atoms with E-state index >= 15 is 0 Å². The fourth-order valence-corrected chi connectivity index (χ4v) is 0. The molecule has 52 valence electrons. The lowest BCUT2D eigenvalue weighted by Crippen LogP contribution is -1.89. The van der Waals surface area contributed by atoms with Crippen LogP contribution in [-0.2, 0) is 0 Å². The minimum atomic E-state index is -4.53. The first kappa shape index (κ1) is 11.1. The van der Waals surface area contributed by atoms with Crippen LogP contribution in [0.1, 0.15) is 0 Å². The summed E-state index contributed by atoms with van der Waals surface area (Å²) in [6, 6.07) is 0. The van der Waals surface area contributed by atoms with Gasteiger partial charge in [-0.1, -0.05) is 11.6 Å². The van der Waals surface area contributed by atoms with E-state index in [0.29, 0.717) is 0 Å². The van der Waals surface area contributed by atoms with Crippen molar-refractivity contribution in [2.75, 3.05) is 6.13 Å². The Morgan fingerprint density at radius 2 is 1.25 bits per heavy atom. The molecule has 0 aromatic carbocycles. The average molecular weight is 173 g/mol. The third kappa shape index (κ3) is 1970. The molecule has 8 heavy (non-hydrogen) atoms. The molecule has 0 aliphatic rings. The molecule has 0 aliphatic carbocycles. The highest BCUT2D eigenvalue weighted by Crippen LogP contribution is 2.18. The van der Waals surface area contributed by atoms with Gasteiger partial charge >= 0.3 is 5.64 Å². The van der Waals surface area contributed by atoms with Crippen LogP contribution in [0.5, 0.6) is 0 Å². The fraction of sp³-hybridized carbons (Fsp3) is 1.00. The van der Waals surface area contributed by atoms with Crippen molar-refractivity contribution in [1.29, 1.82) is 0 Å². The van der Waals surface area contributed by atoms with Crippen LogP contribution in [0.2, 0.25) is 0 Å². The van der Waals surface area contributed by atoms with Gasteiger partial charge in [0.15, 0.2) is 6.13 Å². The van der Waals surface area contributed by atoms with Gasteiger partial charge in [-0.2, -0.15) is 13.2 Å². The van der Waals surface area contributed by atoms with E-state index in [1.165, 1.54) is 0 Å². The van der Waals surface area contributed by atoms with Gasteiger partial charge in [0.1, 0.15) is 0 Å². The maximum Gasteiger partial charge on any atom is 0.475 e. The van der Waals surface area contributed by atoms with Gasteiger partial charge < -0.3 is 0 Å². The van der Waals surface area contributed by atoms with Crippen LogP contribution in [0.25, 0.3) is 0 Å². The lowest BCUT2D eigenvalue weighted by atomic mass is 11.6. The SMILES string of the molecule is FC(F)(F)Cl.FCCl. The summed E-state index contributed by atoms with van der Waals surface area (Å²) in [5, 5.41) is 0. The molecule has 0 rings (SSSR count). The van der Waals surface area contributed by atoms with Crippen LogP contribution in [0, 0.1) is 0 Å². The Labute approximate surface area is 53.4 Å². The van der Waals surface area contributed by atoms with Crippen molar-refractivity contribution in [3.8, 4) is 0 Å². The van der Waals surface area contributed by atoms with Crippen molar-refractivity contribution in [2.45, 2.75) is 5.64 Å². The minimum Gasteiger partial charge on any atom is -0.234 e. The molecule has 0 aromatic heterocycles. The zero-order valence-corrected chi connectivity index (χ0v) is 4.99. The highest BCUT2D eigenvalue weighted by Gasteiger charge is 2.20. The lowest BCUT2D eigenvalue weighted by molar-refractivity contribution is -0.0420. The maximum absolute atomic E-state index is 10.1. The summed E-state index contributed by atoms with van der Waals surface area (Å²) in [5.74, 6) is 0. The highest BCUT2D eigenvalue weighted by atomic mass is 35.5. The van der Waals surface area contributed by atoms with Gasteiger partial charge in [0.05, 0.1) is 0 Å². The smallest absolute Gasteiger partial charge is 0.234 e. The summed E-state index contributed by atoms with van der Waals surface area (Å²) in [6.07, 6.45) is -0.778. The van der Waals surface area contributed by atoms with Crippen LogP contribution >= 0.6 is 23.2 Å². The van der Waals surface area contributed by atoms with Crippen LogP contribution < -0.4 is 0 Å². The zero-order valence-electron chi connectivity index (χ0n) is 3.47. The Bertz CT molecular complexity index is 35.8. The van der Waals surface area contributed by atoms with Crippen molar-refractivity contribution in [3.05, 3.63) is 0 Å². The third-order valence-corrected chi connectivity index (χ3v) is 0. The Kier molecular flexibility index (Phi) is 7.57. The Morgan fingerprint density at radius 1 is 1.25 bits per heavy atom. The molecular weight excluding hydrogens is 171 g/mol. The van der Waals surface area contributed by atoms with Gasteiger partial charge in [-0.15, -0.1) is 0 Å². The predicted octanol–water partition coefficient (Wildman–Crippen LogP) is 2.90. The molecule has 0 nitrogen and oxygen atoms in total. The second-order valence-corrected chi connectivity index (χ2v) is 1.16. The Morgan fingerprint density at radius 3 is 1.25 bits per heavy atom. The molecule has 6 heteroatoms. The number of hydrogen-bond acceptors (Lipinski definition) is 0. The first-order valence-corrected chi connectivity index (χ1v) is 2.20. The summed E-state index contributed by atoms with van der Waals surface area (Å²) in [7, 11) is 0. The highest BCUT2D eigenvalue weighted by molar-refractivity contribution is 6.20. The molecule has 0 N–H and O–H groups in total. The summed E-state index contributed by atoms with van der Waals surface area (Å²) in [4.78, 5) is 0. The molecule has 0 saturated heterocycles. The molecule has 0 atom stereocenters. The monoisotopic (exact) mass is 172 g/mol. The lowest BCUT2D eigenvalue weighted by Gasteiger charge is -1.84. The normalized spacial score (nSPS) is 9.75. The number of rotatable bonds is 0. The van der Waals surface area contributed by atoms with Crippen molar-refractivity contribution in [3.63, 3.8) is 0 Å². The van der Waals surface area contributed by atoms with Gasteiger partial charge in [0.2, 0.25) is 0 Å². The molecule has 0 radical (unpaired) electrons. The standard InChI is InChI=1S/CClF3.CH2ClF/c2-1(3,4)5;2-1-3/h;1H2. The number of alkyl halides is 6. The number of hydrogen-bond donors (Lipinski definition) is 0. The summed E-state index contributed by atoms with van der Waals surface area (Å²) in [5.41, 5.74) is -4.53. The van der Waals surface area contributed by atoms with E-state index in [-0.39, 0.29) is 0 Å². The second-order valence-electron chi connectivity index (χ2n) is 0.530. The molecule has 0 aromatic rings. The van der Waals surface area contributed by atoms with E-state index in [9.17, 15) is 17.6 Å². The summed E-state index contributed by atoms with van der Waals surface area (Å²) in [6.45, 7) is 0. The average Bonchev–Trinajstić information content (AvgIpc) is 1.27. The van der Waals surface area contributed by atoms with E-state index in [1.807, 2.05) is 0 Å². The van der Waals surface area contributed by atoms with E-state index in [4.69, 9.17) is 0 Å². The predicted molar refractivity (Wildman–Crippen MR) is 23.7 cm³/mol. The largest absolute Gasteiger partial charge is 0.475 e. The van der Waals surface area contributed by atoms with E-state index < -0.39 is 11.8 Å². The first-order chi connectivity index (χ1) is 3.41. The van der Waals surface area contributed by atoms with Gasteiger partial charge in [0, 0.05) is 0 Å². The second kappa shape index (κ2) is 5.44. The minimum absolute atomic E-state index is 0.778. The molecule has 0 heterocycles. The zero-order chi connectivity index (χ0) is 7.21. The Hall–Kier alpha value is 0.300. The topological polar surface area (TPSA) is 0 Å². The van der Waals surface area contributed by atoms with Crippen molar-refractivity contribution in [1.82, 2.24) is 0 Å². The number of halogens is 6. The molecular formula is C2H2Cl2F4. The summed E-state index contributed by atoms with van der Waals surface area (Å²) >= 11 is 7.86. The molecule has 0 saturated carbocycles. The van der Waals surface area contributed by atoms with Crippen molar-refractivity contribution >= 4 is 23.2 Å². The molecule has 0 spiro atoms. The van der Waals surface area contributed by atoms with Crippen LogP contribution in [-0.4, -0.2) is 11.8 Å². The fourth-order valence-electron chi connectivity index (χ4n) is 0. The Balaban J connectivity index is 0. The van der Waals surface area contributed by atoms with Crippen LogP contribution in [0.3, 0.4) is 0 Å². The van der Waals surface area contributed by atoms with Crippen molar-refractivity contribution < 1.29 is 17.6 Å². The van der Waals surface area contributed by atoms with E-state index in [1.54, 1.807) is 0 Å². The quantitative estimate of drug-likeness (QED) is 0.390. The van der Waals surface area contributed by atoms with Gasteiger partial charge in [-0.05, 0) is 11.6 Å². The molecule has 0 bridgehead atoms. The molecule has 0 unspecified atom stereocenters. The first-order valence-electron chi connectivity index (χ1n) is 1.29. The van der Waals surface area contributed by atoms with Crippen molar-refractivity contribution in [2.24, 2.45) is 0 Å². The summed E-state index contributed by atoms with van der Waals surface area (Å²) < 4.78 is 40.4. The maximum atomic E-state index is 10.1. The van der Waals surface area contributed by atoms with Gasteiger partial charge in [-0.3, -0.25) is 0 Å².